The van der Waals surface area contributed by atoms with E-state index in [1.54, 1.807) is 6.20 Å². The van der Waals surface area contributed by atoms with Crippen molar-refractivity contribution in [3.63, 3.8) is 0 Å². The number of carbonyl (C=O) groups is 1. The van der Waals surface area contributed by atoms with Crippen LogP contribution in [0.1, 0.15) is 37.3 Å². The summed E-state index contributed by atoms with van der Waals surface area (Å²) < 4.78 is 10.6. The number of rotatable bonds is 11. The van der Waals surface area contributed by atoms with Crippen LogP contribution in [0.2, 0.25) is 0 Å². The van der Waals surface area contributed by atoms with Gasteiger partial charge in [0.25, 0.3) is 0 Å². The Balaban J connectivity index is 2.24. The Labute approximate surface area is 138 Å². The van der Waals surface area contributed by atoms with Gasteiger partial charge in [0, 0.05) is 13.2 Å². The normalized spacial score (nSPS) is 11.3. The molecule has 1 aromatic rings. The highest BCUT2D eigenvalue weighted by Gasteiger charge is 2.03. The summed E-state index contributed by atoms with van der Waals surface area (Å²) in [5.41, 5.74) is 8.79. The molecule has 23 heavy (non-hydrogen) atoms. The Kier molecular flexibility index (Phi) is 9.55. The van der Waals surface area contributed by atoms with Crippen molar-refractivity contribution in [1.82, 2.24) is 5.32 Å². The predicted molar refractivity (Wildman–Crippen MR) is 92.7 cm³/mol. The summed E-state index contributed by atoms with van der Waals surface area (Å²) in [7, 11) is 1.82. The first-order valence-electron chi connectivity index (χ1n) is 8.13. The van der Waals surface area contributed by atoms with Gasteiger partial charge >= 0.3 is 5.97 Å². The number of hydrogen-bond donors (Lipinski definition) is 2. The number of nitrogens with one attached hydrogen (secondary N) is 1. The van der Waals surface area contributed by atoms with Crippen molar-refractivity contribution in [3.8, 4) is 0 Å². The predicted octanol–water partition coefficient (Wildman–Crippen LogP) is 2.46. The smallest absolute Gasteiger partial charge is 0.308 e. The lowest BCUT2D eigenvalue weighted by Gasteiger charge is -2.07. The largest absolute Gasteiger partial charge is 0.466 e. The zero-order valence-corrected chi connectivity index (χ0v) is 14.1. The molecule has 0 aliphatic rings. The van der Waals surface area contributed by atoms with E-state index < -0.39 is 0 Å². The zero-order valence-electron chi connectivity index (χ0n) is 14.1. The molecule has 128 valence electrons. The highest BCUT2D eigenvalue weighted by Crippen LogP contribution is 2.11. The van der Waals surface area contributed by atoms with Gasteiger partial charge in [-0.1, -0.05) is 31.5 Å². The summed E-state index contributed by atoms with van der Waals surface area (Å²) in [5.74, 6) is -0.189. The quantitative estimate of drug-likeness (QED) is 0.484. The van der Waals surface area contributed by atoms with E-state index in [-0.39, 0.29) is 5.97 Å². The van der Waals surface area contributed by atoms with Crippen LogP contribution in [-0.4, -0.2) is 32.8 Å². The summed E-state index contributed by atoms with van der Waals surface area (Å²) in [4.78, 5) is 11.4. The number of nitrogens with two attached hydrogens (primary N) is 1. The number of hydrogen-bond acceptors (Lipinski definition) is 5. The molecule has 1 aromatic carbocycles. The van der Waals surface area contributed by atoms with Crippen molar-refractivity contribution in [2.75, 3.05) is 26.9 Å². The average molecular weight is 320 g/mol. The number of carbonyl (C=O) groups excluding carboxylic acids is 1. The van der Waals surface area contributed by atoms with Gasteiger partial charge in [0.05, 0.1) is 31.9 Å². The minimum atomic E-state index is -0.189. The molecular weight excluding hydrogens is 292 g/mol. The molecule has 3 N–H and O–H groups in total. The van der Waals surface area contributed by atoms with E-state index in [1.165, 1.54) is 0 Å². The van der Waals surface area contributed by atoms with Crippen LogP contribution in [0, 0.1) is 0 Å². The molecule has 0 bridgehead atoms. The van der Waals surface area contributed by atoms with Crippen LogP contribution in [0.3, 0.4) is 0 Å². The molecule has 0 radical (unpaired) electrons. The molecule has 1 rings (SSSR count). The van der Waals surface area contributed by atoms with Crippen LogP contribution in [0.25, 0.3) is 5.70 Å². The molecule has 0 aliphatic heterocycles. The number of unbranched alkanes of at least 4 members (excludes halogenated alkanes) is 1. The monoisotopic (exact) mass is 320 g/mol. The third-order valence-electron chi connectivity index (χ3n) is 3.31. The number of esters is 1. The molecule has 0 aromatic heterocycles. The number of ether oxygens (including phenoxy) is 2. The Morgan fingerprint density at radius 2 is 2.13 bits per heavy atom. The van der Waals surface area contributed by atoms with E-state index in [9.17, 15) is 4.79 Å². The fourth-order valence-corrected chi connectivity index (χ4v) is 2.00. The SMILES string of the molecule is CCCCOC(=O)CCOCCc1cccc(/C(N)=C/NC)c1. The van der Waals surface area contributed by atoms with Crippen molar-refractivity contribution in [3.05, 3.63) is 41.6 Å². The summed E-state index contributed by atoms with van der Waals surface area (Å²) >= 11 is 0. The van der Waals surface area contributed by atoms with Crippen molar-refractivity contribution in [2.45, 2.75) is 32.6 Å². The van der Waals surface area contributed by atoms with E-state index in [2.05, 4.69) is 12.2 Å². The van der Waals surface area contributed by atoms with E-state index in [0.717, 1.165) is 30.4 Å². The molecule has 0 amide bonds. The van der Waals surface area contributed by atoms with Gasteiger partial charge in [0.2, 0.25) is 0 Å². The van der Waals surface area contributed by atoms with Gasteiger partial charge in [0.15, 0.2) is 0 Å². The van der Waals surface area contributed by atoms with E-state index >= 15 is 0 Å². The standard InChI is InChI=1S/C18H28N2O3/c1-3-4-10-23-18(21)9-12-22-11-8-15-6-5-7-16(13-15)17(19)14-20-2/h5-7,13-14,20H,3-4,8-12,19H2,1-2H3/b17-14-. The third-order valence-corrected chi connectivity index (χ3v) is 3.31. The van der Waals surface area contributed by atoms with Gasteiger partial charge in [-0.2, -0.15) is 0 Å². The second-order valence-electron chi connectivity index (χ2n) is 5.28. The molecule has 0 saturated heterocycles. The van der Waals surface area contributed by atoms with Gasteiger partial charge in [-0.25, -0.2) is 0 Å². The molecule has 0 spiro atoms. The molecule has 5 nitrogen and oxygen atoms in total. The summed E-state index contributed by atoms with van der Waals surface area (Å²) in [5, 5.41) is 2.92. The maximum atomic E-state index is 11.4. The lowest BCUT2D eigenvalue weighted by atomic mass is 10.1. The Morgan fingerprint density at radius 1 is 1.30 bits per heavy atom. The summed E-state index contributed by atoms with van der Waals surface area (Å²) in [6.45, 7) is 3.53. The van der Waals surface area contributed by atoms with Crippen LogP contribution >= 0.6 is 0 Å². The fraction of sp³-hybridized carbons (Fsp3) is 0.500. The Morgan fingerprint density at radius 3 is 2.87 bits per heavy atom. The van der Waals surface area contributed by atoms with Crippen molar-refractivity contribution in [1.29, 1.82) is 0 Å². The van der Waals surface area contributed by atoms with Crippen LogP contribution < -0.4 is 11.1 Å². The molecule has 0 unspecified atom stereocenters. The van der Waals surface area contributed by atoms with Gasteiger partial charge < -0.3 is 20.5 Å². The minimum absolute atomic E-state index is 0.189. The van der Waals surface area contributed by atoms with Crippen LogP contribution in [-0.2, 0) is 20.7 Å². The van der Waals surface area contributed by atoms with E-state index in [0.29, 0.717) is 31.9 Å². The first kappa shape index (κ1) is 19.0. The lowest BCUT2D eigenvalue weighted by Crippen LogP contribution is -2.10. The van der Waals surface area contributed by atoms with E-state index in [1.807, 2.05) is 31.3 Å². The summed E-state index contributed by atoms with van der Waals surface area (Å²) in [6, 6.07) is 8.04. The maximum Gasteiger partial charge on any atom is 0.308 e. The highest BCUT2D eigenvalue weighted by molar-refractivity contribution is 5.69. The van der Waals surface area contributed by atoms with Crippen LogP contribution in [0.4, 0.5) is 0 Å². The molecule has 0 heterocycles. The highest BCUT2D eigenvalue weighted by atomic mass is 16.5. The van der Waals surface area contributed by atoms with Gasteiger partial charge in [-0.15, -0.1) is 0 Å². The molecule has 0 aliphatic carbocycles. The average Bonchev–Trinajstić information content (AvgIpc) is 2.55. The number of benzene rings is 1. The second kappa shape index (κ2) is 11.5. The Hall–Kier alpha value is -2.01. The van der Waals surface area contributed by atoms with Crippen LogP contribution in [0.15, 0.2) is 30.5 Å². The molecule has 5 heteroatoms. The topological polar surface area (TPSA) is 73.6 Å². The first-order chi connectivity index (χ1) is 11.2. The van der Waals surface area contributed by atoms with Gasteiger partial charge in [0.1, 0.15) is 0 Å². The minimum Gasteiger partial charge on any atom is -0.466 e. The van der Waals surface area contributed by atoms with Crippen LogP contribution in [0.5, 0.6) is 0 Å². The first-order valence-corrected chi connectivity index (χ1v) is 8.13. The second-order valence-corrected chi connectivity index (χ2v) is 5.28. The zero-order chi connectivity index (χ0) is 16.9. The van der Waals surface area contributed by atoms with Crippen molar-refractivity contribution in [2.24, 2.45) is 5.73 Å². The molecule has 0 atom stereocenters. The lowest BCUT2D eigenvalue weighted by molar-refractivity contribution is -0.144. The molecular formula is C18H28N2O3. The molecule has 0 fully saturated rings. The van der Waals surface area contributed by atoms with Gasteiger partial charge in [-0.05, 0) is 30.0 Å². The van der Waals surface area contributed by atoms with Crippen molar-refractivity contribution >= 4 is 11.7 Å². The summed E-state index contributed by atoms with van der Waals surface area (Å²) in [6.07, 6.45) is 4.79. The van der Waals surface area contributed by atoms with Gasteiger partial charge in [-0.3, -0.25) is 4.79 Å². The third kappa shape index (κ3) is 8.26. The Bertz CT molecular complexity index is 501. The van der Waals surface area contributed by atoms with E-state index in [4.69, 9.17) is 15.2 Å². The van der Waals surface area contributed by atoms with Crippen molar-refractivity contribution < 1.29 is 14.3 Å². The molecule has 0 saturated carbocycles. The fourth-order valence-electron chi connectivity index (χ4n) is 2.00. The maximum absolute atomic E-state index is 11.4.